The fraction of sp³-hybridized carbons (Fsp3) is 0.667. The molecule has 1 aromatic heterocycles. The van der Waals surface area contributed by atoms with Crippen LogP contribution >= 0.6 is 15.9 Å². The van der Waals surface area contributed by atoms with E-state index >= 15 is 0 Å². The smallest absolute Gasteiger partial charge is 0.232 e. The number of likely N-dealkylation sites (tertiary alicyclic amines) is 1. The van der Waals surface area contributed by atoms with Gasteiger partial charge in [0, 0.05) is 19.6 Å². The molecular weight excluding hydrogens is 296 g/mol. The van der Waals surface area contributed by atoms with Gasteiger partial charge in [0.05, 0.1) is 17.8 Å². The molecular formula is C12H19BrN4O. The highest BCUT2D eigenvalue weighted by molar-refractivity contribution is 9.10. The summed E-state index contributed by atoms with van der Waals surface area (Å²) in [5, 5.41) is 0. The Morgan fingerprint density at radius 1 is 1.61 bits per heavy atom. The molecule has 0 bridgehead atoms. The second-order valence-corrected chi connectivity index (χ2v) is 5.54. The van der Waals surface area contributed by atoms with E-state index in [9.17, 15) is 0 Å². The lowest BCUT2D eigenvalue weighted by Crippen LogP contribution is -2.37. The molecule has 18 heavy (non-hydrogen) atoms. The van der Waals surface area contributed by atoms with Gasteiger partial charge in [-0.05, 0) is 42.4 Å². The Morgan fingerprint density at radius 2 is 2.39 bits per heavy atom. The maximum Gasteiger partial charge on any atom is 0.232 e. The maximum atomic E-state index is 5.19. The summed E-state index contributed by atoms with van der Waals surface area (Å²) in [7, 11) is 5.81. The largest absolute Gasteiger partial charge is 0.480 e. The van der Waals surface area contributed by atoms with Crippen molar-refractivity contribution in [2.24, 2.45) is 0 Å². The molecule has 6 heteroatoms. The molecule has 0 radical (unpaired) electrons. The van der Waals surface area contributed by atoms with E-state index in [1.165, 1.54) is 19.4 Å². The first-order chi connectivity index (χ1) is 8.61. The summed E-state index contributed by atoms with van der Waals surface area (Å²) in [6.45, 7) is 2.13. The average Bonchev–Trinajstić information content (AvgIpc) is 2.75. The zero-order valence-electron chi connectivity index (χ0n) is 11.1. The van der Waals surface area contributed by atoms with E-state index in [1.807, 2.05) is 7.05 Å². The van der Waals surface area contributed by atoms with Crippen LogP contribution < -0.4 is 9.64 Å². The van der Waals surface area contributed by atoms with Gasteiger partial charge in [-0.1, -0.05) is 0 Å². The van der Waals surface area contributed by atoms with Crippen LogP contribution in [0.25, 0.3) is 0 Å². The summed E-state index contributed by atoms with van der Waals surface area (Å²) in [5.41, 5.74) is 0. The molecule has 1 unspecified atom stereocenters. The van der Waals surface area contributed by atoms with Gasteiger partial charge < -0.3 is 14.5 Å². The molecule has 0 spiro atoms. The predicted molar refractivity (Wildman–Crippen MR) is 75.2 cm³/mol. The molecule has 1 aliphatic rings. The summed E-state index contributed by atoms with van der Waals surface area (Å²) in [5.74, 6) is 1.28. The highest BCUT2D eigenvalue weighted by Crippen LogP contribution is 2.24. The molecule has 0 amide bonds. The first-order valence-electron chi connectivity index (χ1n) is 6.09. The summed E-state index contributed by atoms with van der Waals surface area (Å²) < 4.78 is 5.97. The quantitative estimate of drug-likeness (QED) is 0.847. The van der Waals surface area contributed by atoms with Gasteiger partial charge in [0.2, 0.25) is 11.8 Å². The Morgan fingerprint density at radius 3 is 3.00 bits per heavy atom. The van der Waals surface area contributed by atoms with Crippen molar-refractivity contribution in [3.63, 3.8) is 0 Å². The minimum atomic E-state index is 0.576. The van der Waals surface area contributed by atoms with Gasteiger partial charge in [-0.3, -0.25) is 0 Å². The summed E-state index contributed by atoms with van der Waals surface area (Å²) in [4.78, 5) is 13.2. The Labute approximate surface area is 116 Å². The third-order valence-corrected chi connectivity index (χ3v) is 3.93. The van der Waals surface area contributed by atoms with E-state index < -0.39 is 0 Å². The number of hydrogen-bond donors (Lipinski definition) is 0. The van der Waals surface area contributed by atoms with E-state index in [4.69, 9.17) is 4.74 Å². The van der Waals surface area contributed by atoms with Gasteiger partial charge in [-0.2, -0.15) is 4.98 Å². The van der Waals surface area contributed by atoms with Crippen LogP contribution in [0.15, 0.2) is 10.7 Å². The van der Waals surface area contributed by atoms with Gasteiger partial charge in [0.1, 0.15) is 0 Å². The number of hydrogen-bond acceptors (Lipinski definition) is 5. The molecule has 1 atom stereocenters. The zero-order chi connectivity index (χ0) is 13.1. The third kappa shape index (κ3) is 2.92. The molecule has 5 nitrogen and oxygen atoms in total. The lowest BCUT2D eigenvalue weighted by molar-refractivity contribution is 0.313. The van der Waals surface area contributed by atoms with E-state index in [2.05, 4.69) is 42.7 Å². The van der Waals surface area contributed by atoms with E-state index in [0.717, 1.165) is 11.0 Å². The van der Waals surface area contributed by atoms with Crippen molar-refractivity contribution in [2.75, 3.05) is 39.2 Å². The molecule has 1 aromatic rings. The number of likely N-dealkylation sites (N-methyl/N-ethyl adjacent to an activating group) is 2. The van der Waals surface area contributed by atoms with Crippen LogP contribution in [0.3, 0.4) is 0 Å². The zero-order valence-corrected chi connectivity index (χ0v) is 12.6. The third-order valence-electron chi connectivity index (χ3n) is 3.39. The minimum Gasteiger partial charge on any atom is -0.480 e. The highest BCUT2D eigenvalue weighted by atomic mass is 79.9. The molecule has 2 rings (SSSR count). The summed E-state index contributed by atoms with van der Waals surface area (Å²) >= 11 is 3.36. The molecule has 0 saturated carbocycles. The second kappa shape index (κ2) is 5.84. The topological polar surface area (TPSA) is 41.5 Å². The number of ether oxygens (including phenoxy) is 1. The van der Waals surface area contributed by atoms with Crippen molar-refractivity contribution >= 4 is 21.9 Å². The number of anilines is 1. The maximum absolute atomic E-state index is 5.19. The Kier molecular flexibility index (Phi) is 4.40. The van der Waals surface area contributed by atoms with E-state index in [1.54, 1.807) is 13.3 Å². The fourth-order valence-electron chi connectivity index (χ4n) is 2.28. The van der Waals surface area contributed by atoms with Crippen LogP contribution in [0.1, 0.15) is 12.8 Å². The van der Waals surface area contributed by atoms with Gasteiger partial charge in [-0.15, -0.1) is 0 Å². The normalized spacial score (nSPS) is 20.1. The van der Waals surface area contributed by atoms with E-state index in [0.29, 0.717) is 17.9 Å². The Balaban J connectivity index is 2.06. The molecule has 1 saturated heterocycles. The van der Waals surface area contributed by atoms with Crippen molar-refractivity contribution in [1.82, 2.24) is 14.9 Å². The lowest BCUT2D eigenvalue weighted by atomic mass is 10.2. The van der Waals surface area contributed by atoms with Crippen molar-refractivity contribution in [1.29, 1.82) is 0 Å². The monoisotopic (exact) mass is 314 g/mol. The molecule has 0 aromatic carbocycles. The van der Waals surface area contributed by atoms with Gasteiger partial charge in [0.15, 0.2) is 0 Å². The SMILES string of the molecule is COc1nc(N(C)CC2CCCN2C)ncc1Br. The van der Waals surface area contributed by atoms with Crippen molar-refractivity contribution in [2.45, 2.75) is 18.9 Å². The second-order valence-electron chi connectivity index (χ2n) is 4.68. The molecule has 0 N–H and O–H groups in total. The number of aromatic nitrogens is 2. The lowest BCUT2D eigenvalue weighted by Gasteiger charge is -2.25. The first kappa shape index (κ1) is 13.5. The molecule has 0 aliphatic carbocycles. The van der Waals surface area contributed by atoms with Crippen LogP contribution in [-0.4, -0.2) is 55.2 Å². The van der Waals surface area contributed by atoms with Crippen molar-refractivity contribution in [3.8, 4) is 5.88 Å². The van der Waals surface area contributed by atoms with E-state index in [-0.39, 0.29) is 0 Å². The standard InChI is InChI=1S/C12H19BrN4O/c1-16-6-4-5-9(16)8-17(2)12-14-7-10(13)11(15-12)18-3/h7,9H,4-6,8H2,1-3H3. The summed E-state index contributed by atoms with van der Waals surface area (Å²) in [6.07, 6.45) is 4.25. The molecule has 1 aliphatic heterocycles. The highest BCUT2D eigenvalue weighted by Gasteiger charge is 2.23. The van der Waals surface area contributed by atoms with Gasteiger partial charge in [-0.25, -0.2) is 4.98 Å². The fourth-order valence-corrected chi connectivity index (χ4v) is 2.63. The van der Waals surface area contributed by atoms with Crippen molar-refractivity contribution < 1.29 is 4.74 Å². The average molecular weight is 315 g/mol. The van der Waals surface area contributed by atoms with Crippen LogP contribution in [0.4, 0.5) is 5.95 Å². The molecule has 100 valence electrons. The molecule has 1 fully saturated rings. The van der Waals surface area contributed by atoms with Crippen molar-refractivity contribution in [3.05, 3.63) is 10.7 Å². The van der Waals surface area contributed by atoms with Crippen LogP contribution in [0, 0.1) is 0 Å². The van der Waals surface area contributed by atoms with Gasteiger partial charge >= 0.3 is 0 Å². The van der Waals surface area contributed by atoms with Crippen LogP contribution in [0.2, 0.25) is 0 Å². The number of nitrogens with zero attached hydrogens (tertiary/aromatic N) is 4. The summed E-state index contributed by atoms with van der Waals surface area (Å²) in [6, 6.07) is 0.591. The minimum absolute atomic E-state index is 0.576. The Bertz CT molecular complexity index is 415. The number of halogens is 1. The Hall–Kier alpha value is -0.880. The van der Waals surface area contributed by atoms with Crippen LogP contribution in [0.5, 0.6) is 5.88 Å². The van der Waals surface area contributed by atoms with Gasteiger partial charge in [0.25, 0.3) is 0 Å². The first-order valence-corrected chi connectivity index (χ1v) is 6.89. The molecule has 2 heterocycles. The van der Waals surface area contributed by atoms with Crippen LogP contribution in [-0.2, 0) is 0 Å². The number of methoxy groups -OCH3 is 1. The number of rotatable bonds is 4. The predicted octanol–water partition coefficient (Wildman–Crippen LogP) is 1.78.